The molecule has 1 aromatic heterocycles. The van der Waals surface area contributed by atoms with E-state index >= 15 is 0 Å². The summed E-state index contributed by atoms with van der Waals surface area (Å²) in [5.41, 5.74) is 2.00. The number of piperidine rings is 2. The number of amides is 2. The van der Waals surface area contributed by atoms with Gasteiger partial charge in [-0.05, 0) is 80.7 Å². The molecule has 0 unspecified atom stereocenters. The second kappa shape index (κ2) is 11.9. The minimum Gasteiger partial charge on any atom is -0.497 e. The highest BCUT2D eigenvalue weighted by Gasteiger charge is 2.30. The third kappa shape index (κ3) is 6.42. The summed E-state index contributed by atoms with van der Waals surface area (Å²) in [7, 11) is 5.09. The van der Waals surface area contributed by atoms with E-state index in [-0.39, 0.29) is 11.8 Å². The first kappa shape index (κ1) is 26.9. The molecule has 1 aromatic carbocycles. The van der Waals surface area contributed by atoms with Crippen LogP contribution in [0.15, 0.2) is 36.4 Å². The minimum absolute atomic E-state index is 0.0159. The van der Waals surface area contributed by atoms with Crippen molar-refractivity contribution in [2.75, 3.05) is 52.3 Å². The molecule has 8 heteroatoms. The number of nitrogens with zero attached hydrogens (tertiary/aromatic N) is 4. The Balaban J connectivity index is 1.23. The fourth-order valence-corrected chi connectivity index (χ4v) is 5.58. The summed E-state index contributed by atoms with van der Waals surface area (Å²) in [6.07, 6.45) is 4.28. The van der Waals surface area contributed by atoms with E-state index in [0.29, 0.717) is 41.8 Å². The third-order valence-corrected chi connectivity index (χ3v) is 7.88. The van der Waals surface area contributed by atoms with Gasteiger partial charge in [-0.1, -0.05) is 12.1 Å². The summed E-state index contributed by atoms with van der Waals surface area (Å²) in [6, 6.07) is 10.9. The first-order valence-electron chi connectivity index (χ1n) is 13.3. The molecule has 0 bridgehead atoms. The molecule has 2 saturated heterocycles. The van der Waals surface area contributed by atoms with Crippen LogP contribution in [0.3, 0.4) is 0 Å². The summed E-state index contributed by atoms with van der Waals surface area (Å²) < 4.78 is 5.22. The van der Waals surface area contributed by atoms with Crippen LogP contribution in [0.1, 0.15) is 59.8 Å². The van der Waals surface area contributed by atoms with Crippen molar-refractivity contribution >= 4 is 17.6 Å². The number of aromatic nitrogens is 1. The zero-order valence-electron chi connectivity index (χ0n) is 22.5. The van der Waals surface area contributed by atoms with Gasteiger partial charge in [0.1, 0.15) is 11.6 Å². The molecule has 1 atom stereocenters. The molecule has 4 rings (SSSR count). The number of hydrogen-bond donors (Lipinski definition) is 1. The van der Waals surface area contributed by atoms with Gasteiger partial charge in [0.15, 0.2) is 6.10 Å². The quantitative estimate of drug-likeness (QED) is 0.614. The van der Waals surface area contributed by atoms with Gasteiger partial charge < -0.3 is 24.5 Å². The lowest BCUT2D eigenvalue weighted by Crippen LogP contribution is -2.42. The molecule has 0 spiro atoms. The van der Waals surface area contributed by atoms with Crippen LogP contribution in [0.4, 0.5) is 5.82 Å². The van der Waals surface area contributed by atoms with Crippen LogP contribution >= 0.6 is 0 Å². The average Bonchev–Trinajstić information content (AvgIpc) is 2.92. The predicted octanol–water partition coefficient (Wildman–Crippen LogP) is 3.68. The maximum absolute atomic E-state index is 12.9. The SMILES string of the molecule is COc1cccc([C@@H](O)C(=O)N2CCC(CC3CCN(c4ccc(C(=O)N(C)C)c(C)n4)CC3)CC2)c1. The number of pyridine rings is 1. The van der Waals surface area contributed by atoms with Crippen LogP contribution in [0.5, 0.6) is 5.75 Å². The number of carbonyl (C=O) groups excluding carboxylic acids is 2. The maximum atomic E-state index is 12.9. The maximum Gasteiger partial charge on any atom is 0.256 e. The van der Waals surface area contributed by atoms with E-state index in [2.05, 4.69) is 4.90 Å². The standard InChI is InChI=1S/C29H40N4O4/c1-20-25(28(35)31(2)3)8-9-26(30-20)32-14-10-21(11-15-32)18-22-12-16-33(17-13-22)29(36)27(34)23-6-5-7-24(19-23)37-4/h5-9,19,21-22,27,34H,10-18H2,1-4H3/t27-/m1/s1. The fraction of sp³-hybridized carbons (Fsp3) is 0.552. The van der Waals surface area contributed by atoms with Crippen molar-refractivity contribution in [1.29, 1.82) is 0 Å². The molecule has 0 saturated carbocycles. The number of aliphatic hydroxyl groups is 1. The highest BCUT2D eigenvalue weighted by Crippen LogP contribution is 2.32. The van der Waals surface area contributed by atoms with Crippen LogP contribution in [0.25, 0.3) is 0 Å². The molecule has 2 amide bonds. The number of aliphatic hydroxyl groups excluding tert-OH is 1. The minimum atomic E-state index is -1.15. The average molecular weight is 509 g/mol. The Bertz CT molecular complexity index is 1090. The summed E-state index contributed by atoms with van der Waals surface area (Å²) in [5, 5.41) is 10.6. The monoisotopic (exact) mass is 508 g/mol. The number of carbonyl (C=O) groups is 2. The normalized spacial score (nSPS) is 18.0. The number of aryl methyl sites for hydroxylation is 1. The summed E-state index contributed by atoms with van der Waals surface area (Å²) in [4.78, 5) is 35.6. The van der Waals surface area contributed by atoms with Gasteiger partial charge in [0.05, 0.1) is 18.4 Å². The highest BCUT2D eigenvalue weighted by atomic mass is 16.5. The third-order valence-electron chi connectivity index (χ3n) is 7.88. The smallest absolute Gasteiger partial charge is 0.256 e. The van der Waals surface area contributed by atoms with Crippen molar-refractivity contribution in [2.45, 2.75) is 45.1 Å². The molecule has 2 aliphatic heterocycles. The number of benzene rings is 1. The van der Waals surface area contributed by atoms with Crippen molar-refractivity contribution in [2.24, 2.45) is 11.8 Å². The van der Waals surface area contributed by atoms with Gasteiger partial charge in [-0.25, -0.2) is 4.98 Å². The van der Waals surface area contributed by atoms with Crippen LogP contribution in [0.2, 0.25) is 0 Å². The molecule has 2 fully saturated rings. The fourth-order valence-electron chi connectivity index (χ4n) is 5.58. The largest absolute Gasteiger partial charge is 0.497 e. The van der Waals surface area contributed by atoms with Crippen LogP contribution in [-0.2, 0) is 4.79 Å². The molecule has 37 heavy (non-hydrogen) atoms. The molecule has 200 valence electrons. The summed E-state index contributed by atoms with van der Waals surface area (Å²) in [6.45, 7) is 5.25. The van der Waals surface area contributed by atoms with Gasteiger partial charge in [-0.2, -0.15) is 0 Å². The number of ether oxygens (including phenoxy) is 1. The Morgan fingerprint density at radius 1 is 1.05 bits per heavy atom. The van der Waals surface area contributed by atoms with Crippen LogP contribution < -0.4 is 9.64 Å². The van der Waals surface area contributed by atoms with Gasteiger partial charge in [0.25, 0.3) is 11.8 Å². The molecule has 1 N–H and O–H groups in total. The van der Waals surface area contributed by atoms with E-state index in [4.69, 9.17) is 9.72 Å². The topological polar surface area (TPSA) is 86.2 Å². The Hall–Kier alpha value is -3.13. The first-order valence-corrected chi connectivity index (χ1v) is 13.3. The molecule has 2 aromatic rings. The summed E-state index contributed by atoms with van der Waals surface area (Å²) >= 11 is 0. The number of anilines is 1. The molecule has 8 nitrogen and oxygen atoms in total. The summed E-state index contributed by atoms with van der Waals surface area (Å²) in [5.74, 6) is 2.65. The Labute approximate surface area is 220 Å². The van der Waals surface area contributed by atoms with E-state index in [1.54, 1.807) is 50.4 Å². The molecule has 2 aliphatic rings. The number of hydrogen-bond acceptors (Lipinski definition) is 6. The first-order chi connectivity index (χ1) is 17.8. The van der Waals surface area contributed by atoms with E-state index in [1.165, 1.54) is 6.42 Å². The Morgan fingerprint density at radius 2 is 1.70 bits per heavy atom. The Morgan fingerprint density at radius 3 is 2.30 bits per heavy atom. The molecule has 0 radical (unpaired) electrons. The zero-order chi connectivity index (χ0) is 26.5. The molecular formula is C29H40N4O4. The predicted molar refractivity (Wildman–Crippen MR) is 144 cm³/mol. The van der Waals surface area contributed by atoms with Gasteiger partial charge in [-0.3, -0.25) is 9.59 Å². The zero-order valence-corrected chi connectivity index (χ0v) is 22.5. The van der Waals surface area contributed by atoms with Crippen molar-refractivity contribution in [1.82, 2.24) is 14.8 Å². The molecular weight excluding hydrogens is 468 g/mol. The molecule has 3 heterocycles. The van der Waals surface area contributed by atoms with Crippen molar-refractivity contribution in [3.8, 4) is 5.75 Å². The van der Waals surface area contributed by atoms with Gasteiger partial charge >= 0.3 is 0 Å². The number of likely N-dealkylation sites (tertiary alicyclic amines) is 1. The lowest BCUT2D eigenvalue weighted by atomic mass is 9.82. The van der Waals surface area contributed by atoms with Crippen LogP contribution in [0, 0.1) is 18.8 Å². The lowest BCUT2D eigenvalue weighted by molar-refractivity contribution is -0.142. The van der Waals surface area contributed by atoms with Gasteiger partial charge in [-0.15, -0.1) is 0 Å². The number of methoxy groups -OCH3 is 1. The van der Waals surface area contributed by atoms with Crippen molar-refractivity contribution in [3.63, 3.8) is 0 Å². The van der Waals surface area contributed by atoms with E-state index in [0.717, 1.165) is 50.3 Å². The van der Waals surface area contributed by atoms with Crippen molar-refractivity contribution in [3.05, 3.63) is 53.2 Å². The van der Waals surface area contributed by atoms with E-state index in [9.17, 15) is 14.7 Å². The highest BCUT2D eigenvalue weighted by molar-refractivity contribution is 5.95. The van der Waals surface area contributed by atoms with E-state index < -0.39 is 6.10 Å². The second-order valence-electron chi connectivity index (χ2n) is 10.6. The van der Waals surface area contributed by atoms with Crippen LogP contribution in [-0.4, -0.2) is 79.1 Å². The Kier molecular flexibility index (Phi) is 8.69. The van der Waals surface area contributed by atoms with E-state index in [1.807, 2.05) is 24.0 Å². The number of rotatable bonds is 7. The van der Waals surface area contributed by atoms with Gasteiger partial charge in [0.2, 0.25) is 0 Å². The van der Waals surface area contributed by atoms with Crippen molar-refractivity contribution < 1.29 is 19.4 Å². The second-order valence-corrected chi connectivity index (χ2v) is 10.6. The van der Waals surface area contributed by atoms with Gasteiger partial charge in [0, 0.05) is 40.3 Å². The molecule has 0 aliphatic carbocycles. The lowest BCUT2D eigenvalue weighted by Gasteiger charge is -2.37.